The Morgan fingerprint density at radius 1 is 1.35 bits per heavy atom. The summed E-state index contributed by atoms with van der Waals surface area (Å²) in [6.45, 7) is 8.02. The summed E-state index contributed by atoms with van der Waals surface area (Å²) in [5, 5.41) is 14.3. The van der Waals surface area contributed by atoms with Crippen LogP contribution in [0.4, 0.5) is 11.4 Å². The number of nitro groups is 1. The van der Waals surface area contributed by atoms with Gasteiger partial charge in [-0.2, -0.15) is 5.10 Å². The van der Waals surface area contributed by atoms with E-state index in [1.54, 1.807) is 17.8 Å². The van der Waals surface area contributed by atoms with Gasteiger partial charge in [0.15, 0.2) is 0 Å². The molecule has 1 heterocycles. The maximum Gasteiger partial charge on any atom is 0.269 e. The molecule has 2 N–H and O–H groups in total. The number of anilines is 1. The summed E-state index contributed by atoms with van der Waals surface area (Å²) in [6.07, 6.45) is 3.69. The first-order valence-corrected chi connectivity index (χ1v) is 7.11. The number of nitrogen functional groups attached to an aromatic ring is 1. The van der Waals surface area contributed by atoms with Crippen LogP contribution in [-0.4, -0.2) is 14.7 Å². The molecule has 1 aromatic heterocycles. The van der Waals surface area contributed by atoms with Crippen LogP contribution in [0, 0.1) is 34.3 Å². The zero-order chi connectivity index (χ0) is 17.6. The lowest BCUT2D eigenvalue weighted by molar-refractivity contribution is -0.384. The Labute approximate surface area is 136 Å². The van der Waals surface area contributed by atoms with Gasteiger partial charge in [0.25, 0.3) is 5.69 Å². The second-order valence-corrected chi connectivity index (χ2v) is 6.20. The highest BCUT2D eigenvalue weighted by Crippen LogP contribution is 2.17. The van der Waals surface area contributed by atoms with Crippen molar-refractivity contribution < 1.29 is 4.92 Å². The Kier molecular flexibility index (Phi) is 5.91. The van der Waals surface area contributed by atoms with Gasteiger partial charge >= 0.3 is 0 Å². The number of benzene rings is 1. The number of hydrogen-bond donors (Lipinski definition) is 1. The highest BCUT2D eigenvalue weighted by atomic mass is 16.6. The van der Waals surface area contributed by atoms with Crippen molar-refractivity contribution in [2.45, 2.75) is 27.7 Å². The lowest BCUT2D eigenvalue weighted by Gasteiger charge is -2.06. The fourth-order valence-electron chi connectivity index (χ4n) is 1.52. The molecule has 0 aliphatic rings. The predicted octanol–water partition coefficient (Wildman–Crippen LogP) is 3.30. The number of nitrogens with two attached hydrogens (primary N) is 1. The SMILES string of the molecule is Cc1cc([N+](=O)[O-])ccc1N.Cn1cc(C#CC(C)(C)C)cn1. The number of nitrogens with zero attached hydrogens (tertiary/aromatic N) is 3. The number of rotatable bonds is 1. The number of hydrogen-bond acceptors (Lipinski definition) is 4. The standard InChI is InChI=1S/C10H14N2.C7H8N2O2/c1-10(2,3)6-5-9-7-11-12(4)8-9;1-5-4-6(9(10)11)2-3-7(5)8/h7-8H,1-4H3;2-4H,8H2,1H3. The fraction of sp³-hybridized carbons (Fsp3) is 0.353. The lowest BCUT2D eigenvalue weighted by atomic mass is 9.98. The second kappa shape index (κ2) is 7.45. The van der Waals surface area contributed by atoms with Crippen molar-refractivity contribution in [3.63, 3.8) is 0 Å². The molecule has 2 rings (SSSR count). The summed E-state index contributed by atoms with van der Waals surface area (Å²) in [7, 11) is 1.89. The third-order valence-electron chi connectivity index (χ3n) is 2.75. The quantitative estimate of drug-likeness (QED) is 0.378. The van der Waals surface area contributed by atoms with E-state index in [9.17, 15) is 10.1 Å². The van der Waals surface area contributed by atoms with E-state index in [1.807, 2.05) is 13.2 Å². The van der Waals surface area contributed by atoms with Gasteiger partial charge in [0.05, 0.1) is 16.7 Å². The first-order chi connectivity index (χ1) is 10.6. The molecule has 0 fully saturated rings. The Bertz CT molecular complexity index is 746. The molecule has 0 radical (unpaired) electrons. The van der Waals surface area contributed by atoms with E-state index in [0.717, 1.165) is 11.1 Å². The number of non-ortho nitro benzene ring substituents is 1. The third-order valence-corrected chi connectivity index (χ3v) is 2.75. The molecular weight excluding hydrogens is 292 g/mol. The van der Waals surface area contributed by atoms with Gasteiger partial charge in [-0.3, -0.25) is 14.8 Å². The van der Waals surface area contributed by atoms with E-state index >= 15 is 0 Å². The van der Waals surface area contributed by atoms with Crippen LogP contribution in [0.3, 0.4) is 0 Å². The van der Waals surface area contributed by atoms with Crippen molar-refractivity contribution in [3.8, 4) is 11.8 Å². The van der Waals surface area contributed by atoms with E-state index in [-0.39, 0.29) is 11.1 Å². The average Bonchev–Trinajstić information content (AvgIpc) is 2.85. The summed E-state index contributed by atoms with van der Waals surface area (Å²) in [4.78, 5) is 9.79. The average molecular weight is 314 g/mol. The summed E-state index contributed by atoms with van der Waals surface area (Å²) < 4.78 is 1.76. The van der Waals surface area contributed by atoms with Crippen LogP contribution in [-0.2, 0) is 7.05 Å². The van der Waals surface area contributed by atoms with Crippen LogP contribution in [0.1, 0.15) is 31.9 Å². The molecule has 0 aliphatic carbocycles. The zero-order valence-corrected chi connectivity index (χ0v) is 14.1. The molecule has 0 unspecified atom stereocenters. The smallest absolute Gasteiger partial charge is 0.269 e. The van der Waals surface area contributed by atoms with Crippen LogP contribution in [0.5, 0.6) is 0 Å². The fourth-order valence-corrected chi connectivity index (χ4v) is 1.52. The van der Waals surface area contributed by atoms with Crippen molar-refractivity contribution in [2.75, 3.05) is 5.73 Å². The minimum atomic E-state index is -0.438. The van der Waals surface area contributed by atoms with Crippen molar-refractivity contribution in [3.05, 3.63) is 51.8 Å². The Morgan fingerprint density at radius 2 is 2.00 bits per heavy atom. The van der Waals surface area contributed by atoms with E-state index in [1.165, 1.54) is 18.2 Å². The maximum absolute atomic E-state index is 10.2. The molecule has 122 valence electrons. The largest absolute Gasteiger partial charge is 0.399 e. The molecule has 6 nitrogen and oxygen atoms in total. The van der Waals surface area contributed by atoms with Crippen LogP contribution >= 0.6 is 0 Å². The van der Waals surface area contributed by atoms with Crippen molar-refractivity contribution in [1.82, 2.24) is 9.78 Å². The molecule has 0 amide bonds. The highest BCUT2D eigenvalue weighted by molar-refractivity contribution is 5.51. The molecule has 23 heavy (non-hydrogen) atoms. The predicted molar refractivity (Wildman–Crippen MR) is 91.8 cm³/mol. The molecule has 6 heteroatoms. The van der Waals surface area contributed by atoms with Crippen molar-refractivity contribution in [1.29, 1.82) is 0 Å². The number of nitro benzene ring substituents is 1. The first-order valence-electron chi connectivity index (χ1n) is 7.11. The van der Waals surface area contributed by atoms with Gasteiger partial charge in [-0.1, -0.05) is 11.8 Å². The minimum Gasteiger partial charge on any atom is -0.399 e. The van der Waals surface area contributed by atoms with E-state index in [4.69, 9.17) is 5.73 Å². The first kappa shape index (κ1) is 18.2. The zero-order valence-electron chi connectivity index (χ0n) is 14.1. The topological polar surface area (TPSA) is 87.0 Å². The van der Waals surface area contributed by atoms with E-state index in [2.05, 4.69) is 37.7 Å². The molecule has 0 atom stereocenters. The van der Waals surface area contributed by atoms with Crippen molar-refractivity contribution >= 4 is 11.4 Å². The third kappa shape index (κ3) is 6.66. The van der Waals surface area contributed by atoms with Gasteiger partial charge in [0.1, 0.15) is 0 Å². The van der Waals surface area contributed by atoms with Crippen molar-refractivity contribution in [2.24, 2.45) is 12.5 Å². The van der Waals surface area contributed by atoms with E-state index < -0.39 is 4.92 Å². The Morgan fingerprint density at radius 3 is 2.43 bits per heavy atom. The molecule has 0 spiro atoms. The van der Waals surface area contributed by atoms with Gasteiger partial charge in [-0.15, -0.1) is 0 Å². The van der Waals surface area contributed by atoms with Crippen LogP contribution in [0.2, 0.25) is 0 Å². The number of aromatic nitrogens is 2. The molecule has 2 aromatic rings. The highest BCUT2D eigenvalue weighted by Gasteiger charge is 2.05. The summed E-state index contributed by atoms with van der Waals surface area (Å²) in [5.41, 5.74) is 7.91. The second-order valence-electron chi connectivity index (χ2n) is 6.20. The molecule has 0 saturated heterocycles. The molecule has 1 aromatic carbocycles. The molecular formula is C17H22N4O2. The normalized spacial score (nSPS) is 10.1. The van der Waals surface area contributed by atoms with Gasteiger partial charge < -0.3 is 5.73 Å². The Balaban J connectivity index is 0.000000231. The van der Waals surface area contributed by atoms with Crippen LogP contribution in [0.15, 0.2) is 30.6 Å². The Hall–Kier alpha value is -2.81. The van der Waals surface area contributed by atoms with Gasteiger partial charge in [0, 0.05) is 36.5 Å². The molecule has 0 saturated carbocycles. The summed E-state index contributed by atoms with van der Waals surface area (Å²) in [6, 6.07) is 4.38. The summed E-state index contributed by atoms with van der Waals surface area (Å²) in [5.74, 6) is 6.22. The monoisotopic (exact) mass is 314 g/mol. The lowest BCUT2D eigenvalue weighted by Crippen LogP contribution is -1.99. The van der Waals surface area contributed by atoms with Gasteiger partial charge in [-0.05, 0) is 39.3 Å². The number of aryl methyl sites for hydroxylation is 2. The van der Waals surface area contributed by atoms with Gasteiger partial charge in [-0.25, -0.2) is 0 Å². The molecule has 0 aliphatic heterocycles. The maximum atomic E-state index is 10.2. The van der Waals surface area contributed by atoms with E-state index in [0.29, 0.717) is 5.69 Å². The van der Waals surface area contributed by atoms with Crippen LogP contribution < -0.4 is 5.73 Å². The molecule has 0 bridgehead atoms. The van der Waals surface area contributed by atoms with Gasteiger partial charge in [0.2, 0.25) is 0 Å². The van der Waals surface area contributed by atoms with Crippen LogP contribution in [0.25, 0.3) is 0 Å². The summed E-state index contributed by atoms with van der Waals surface area (Å²) >= 11 is 0. The minimum absolute atomic E-state index is 0.0653.